The first-order chi connectivity index (χ1) is 13.5. The number of methoxy groups -OCH3 is 2. The molecule has 7 heteroatoms. The molecule has 0 aliphatic rings. The molecule has 0 aliphatic heterocycles. The Labute approximate surface area is 161 Å². The Kier molecular flexibility index (Phi) is 5.74. The van der Waals surface area contributed by atoms with E-state index in [4.69, 9.17) is 14.2 Å². The van der Waals surface area contributed by atoms with Crippen molar-refractivity contribution in [1.29, 1.82) is 0 Å². The Bertz CT molecular complexity index is 1090. The van der Waals surface area contributed by atoms with Crippen LogP contribution >= 0.6 is 0 Å². The third-order valence-corrected chi connectivity index (χ3v) is 4.14. The molecule has 0 aliphatic carbocycles. The average Bonchev–Trinajstić information content (AvgIpc) is 2.71. The van der Waals surface area contributed by atoms with Crippen LogP contribution in [0.1, 0.15) is 24.4 Å². The topological polar surface area (TPSA) is 90.5 Å². The molecule has 1 aromatic heterocycles. The number of aromatic amines is 1. The maximum atomic E-state index is 12.2. The molecule has 0 saturated heterocycles. The first-order valence-corrected chi connectivity index (χ1v) is 8.62. The van der Waals surface area contributed by atoms with Crippen molar-refractivity contribution in [3.63, 3.8) is 0 Å². The highest BCUT2D eigenvalue weighted by molar-refractivity contribution is 5.88. The Hall–Kier alpha value is -3.61. The lowest BCUT2D eigenvalue weighted by atomic mass is 10.1. The predicted octanol–water partition coefficient (Wildman–Crippen LogP) is 3.26. The van der Waals surface area contributed by atoms with E-state index >= 15 is 0 Å². The Morgan fingerprint density at radius 3 is 2.64 bits per heavy atom. The number of carbonyl (C=O) groups is 1. The molecule has 3 rings (SSSR count). The first kappa shape index (κ1) is 19.2. The molecule has 2 aromatic carbocycles. The molecule has 0 unspecified atom stereocenters. The molecule has 0 amide bonds. The highest BCUT2D eigenvalue weighted by atomic mass is 16.5. The molecule has 1 atom stereocenters. The van der Waals surface area contributed by atoms with Crippen LogP contribution < -0.4 is 15.0 Å². The summed E-state index contributed by atoms with van der Waals surface area (Å²) in [6.45, 7) is 1.64. The standard InChI is InChI=1S/C21H20N2O5/c1-13(20-22-16-9-5-4-8-15(16)21(25)23-20)28-18(24)12-11-14-7-6-10-17(26-2)19(14)27-3/h4-13H,1-3H3,(H,22,23,25)/b12-11+/t13-/m1/s1. The highest BCUT2D eigenvalue weighted by Gasteiger charge is 2.14. The van der Waals surface area contributed by atoms with Crippen molar-refractivity contribution in [2.75, 3.05) is 14.2 Å². The van der Waals surface area contributed by atoms with Crippen LogP contribution in [0.25, 0.3) is 17.0 Å². The molecule has 0 radical (unpaired) electrons. The summed E-state index contributed by atoms with van der Waals surface area (Å²) >= 11 is 0. The van der Waals surface area contributed by atoms with Crippen molar-refractivity contribution in [2.24, 2.45) is 0 Å². The van der Waals surface area contributed by atoms with Crippen molar-refractivity contribution in [1.82, 2.24) is 9.97 Å². The van der Waals surface area contributed by atoms with E-state index in [-0.39, 0.29) is 11.4 Å². The number of aromatic nitrogens is 2. The molecule has 0 spiro atoms. The van der Waals surface area contributed by atoms with Gasteiger partial charge in [-0.15, -0.1) is 0 Å². The number of hydrogen-bond acceptors (Lipinski definition) is 6. The molecule has 0 fully saturated rings. The van der Waals surface area contributed by atoms with E-state index in [1.165, 1.54) is 13.2 Å². The Morgan fingerprint density at radius 1 is 1.11 bits per heavy atom. The number of para-hydroxylation sites is 2. The van der Waals surface area contributed by atoms with E-state index in [0.29, 0.717) is 28.0 Å². The highest BCUT2D eigenvalue weighted by Crippen LogP contribution is 2.31. The van der Waals surface area contributed by atoms with Crippen LogP contribution in [0.3, 0.4) is 0 Å². The van der Waals surface area contributed by atoms with Gasteiger partial charge in [0.1, 0.15) is 0 Å². The van der Waals surface area contributed by atoms with Gasteiger partial charge in [-0.2, -0.15) is 0 Å². The van der Waals surface area contributed by atoms with Crippen LogP contribution in [0.4, 0.5) is 0 Å². The third-order valence-electron chi connectivity index (χ3n) is 4.14. The van der Waals surface area contributed by atoms with Crippen LogP contribution in [0.15, 0.2) is 53.3 Å². The summed E-state index contributed by atoms with van der Waals surface area (Å²) < 4.78 is 15.9. The minimum absolute atomic E-state index is 0.278. The number of H-pyrrole nitrogens is 1. The van der Waals surface area contributed by atoms with Gasteiger partial charge in [0.25, 0.3) is 5.56 Å². The first-order valence-electron chi connectivity index (χ1n) is 8.62. The van der Waals surface area contributed by atoms with Crippen LogP contribution in [0.2, 0.25) is 0 Å². The van der Waals surface area contributed by atoms with Gasteiger partial charge in [-0.1, -0.05) is 24.3 Å². The van der Waals surface area contributed by atoms with Crippen molar-refractivity contribution in [3.05, 3.63) is 70.3 Å². The lowest BCUT2D eigenvalue weighted by Gasteiger charge is -2.12. The molecule has 1 N–H and O–H groups in total. The van der Waals surface area contributed by atoms with E-state index < -0.39 is 12.1 Å². The summed E-state index contributed by atoms with van der Waals surface area (Å²) in [6, 6.07) is 12.3. The fraction of sp³-hybridized carbons (Fsp3) is 0.190. The number of hydrogen-bond donors (Lipinski definition) is 1. The predicted molar refractivity (Wildman–Crippen MR) is 105 cm³/mol. The van der Waals surface area contributed by atoms with E-state index in [9.17, 15) is 9.59 Å². The third kappa shape index (κ3) is 4.03. The van der Waals surface area contributed by atoms with Gasteiger partial charge in [0.2, 0.25) is 0 Å². The van der Waals surface area contributed by atoms with E-state index in [1.807, 2.05) is 0 Å². The molecule has 7 nitrogen and oxygen atoms in total. The van der Waals surface area contributed by atoms with E-state index in [1.54, 1.807) is 62.6 Å². The second-order valence-corrected chi connectivity index (χ2v) is 5.96. The van der Waals surface area contributed by atoms with Crippen LogP contribution in [-0.2, 0) is 9.53 Å². The summed E-state index contributed by atoms with van der Waals surface area (Å²) in [5.74, 6) is 0.782. The molecule has 144 valence electrons. The van der Waals surface area contributed by atoms with E-state index in [0.717, 1.165) is 0 Å². The molecule has 0 saturated carbocycles. The Balaban J connectivity index is 1.77. The molecule has 0 bridgehead atoms. The number of rotatable bonds is 6. The summed E-state index contributed by atoms with van der Waals surface area (Å²) in [5, 5.41) is 0.481. The second kappa shape index (κ2) is 8.39. The number of nitrogens with one attached hydrogen (secondary N) is 1. The monoisotopic (exact) mass is 380 g/mol. The fourth-order valence-electron chi connectivity index (χ4n) is 2.77. The largest absolute Gasteiger partial charge is 0.493 e. The zero-order valence-electron chi connectivity index (χ0n) is 15.8. The van der Waals surface area contributed by atoms with Crippen molar-refractivity contribution in [2.45, 2.75) is 13.0 Å². The van der Waals surface area contributed by atoms with Crippen molar-refractivity contribution in [3.8, 4) is 11.5 Å². The number of fused-ring (bicyclic) bond motifs is 1. The molecule has 3 aromatic rings. The summed E-state index contributed by atoms with van der Waals surface area (Å²) in [7, 11) is 3.07. The second-order valence-electron chi connectivity index (χ2n) is 5.96. The fourth-order valence-corrected chi connectivity index (χ4v) is 2.77. The zero-order valence-corrected chi connectivity index (χ0v) is 15.8. The van der Waals surface area contributed by atoms with Gasteiger partial charge in [0.15, 0.2) is 23.4 Å². The van der Waals surface area contributed by atoms with Crippen LogP contribution in [-0.4, -0.2) is 30.2 Å². The van der Waals surface area contributed by atoms with Crippen LogP contribution in [0.5, 0.6) is 11.5 Å². The van der Waals surface area contributed by atoms with Crippen LogP contribution in [0, 0.1) is 0 Å². The van der Waals surface area contributed by atoms with E-state index in [2.05, 4.69) is 9.97 Å². The lowest BCUT2D eigenvalue weighted by Crippen LogP contribution is -2.16. The molecular formula is C21H20N2O5. The van der Waals surface area contributed by atoms with Gasteiger partial charge in [-0.05, 0) is 31.2 Å². The SMILES string of the molecule is COc1cccc(/C=C/C(=O)O[C@H](C)c2nc3ccccc3c(=O)[nH]2)c1OC. The van der Waals surface area contributed by atoms with Gasteiger partial charge in [0.05, 0.1) is 25.1 Å². The summed E-state index contributed by atoms with van der Waals surface area (Å²) in [4.78, 5) is 31.4. The number of benzene rings is 2. The number of nitrogens with zero attached hydrogens (tertiary/aromatic N) is 1. The van der Waals surface area contributed by atoms with Gasteiger partial charge < -0.3 is 19.2 Å². The molecule has 28 heavy (non-hydrogen) atoms. The normalized spacial score (nSPS) is 12.1. The Morgan fingerprint density at radius 2 is 1.89 bits per heavy atom. The average molecular weight is 380 g/mol. The van der Waals surface area contributed by atoms with Crippen molar-refractivity contribution < 1.29 is 19.0 Å². The van der Waals surface area contributed by atoms with Crippen molar-refractivity contribution >= 4 is 22.9 Å². The maximum Gasteiger partial charge on any atom is 0.331 e. The molecule has 1 heterocycles. The number of carbonyl (C=O) groups excluding carboxylic acids is 1. The minimum Gasteiger partial charge on any atom is -0.493 e. The summed E-state index contributed by atoms with van der Waals surface area (Å²) in [6.07, 6.45) is 2.14. The smallest absolute Gasteiger partial charge is 0.331 e. The van der Waals surface area contributed by atoms with Gasteiger partial charge >= 0.3 is 5.97 Å². The number of esters is 1. The lowest BCUT2D eigenvalue weighted by molar-refractivity contribution is -0.142. The van der Waals surface area contributed by atoms with Gasteiger partial charge in [-0.25, -0.2) is 9.78 Å². The maximum absolute atomic E-state index is 12.2. The quantitative estimate of drug-likeness (QED) is 0.521. The number of ether oxygens (including phenoxy) is 3. The summed E-state index contributed by atoms with van der Waals surface area (Å²) in [5.41, 5.74) is 0.935. The minimum atomic E-state index is -0.721. The van der Waals surface area contributed by atoms with Gasteiger partial charge in [0, 0.05) is 11.6 Å². The van der Waals surface area contributed by atoms with Gasteiger partial charge in [-0.3, -0.25) is 4.79 Å². The molecular weight excluding hydrogens is 360 g/mol. The zero-order chi connectivity index (χ0) is 20.1.